The monoisotopic (exact) mass is 285 g/mol. The van der Waals surface area contributed by atoms with E-state index in [-0.39, 0.29) is 11.9 Å². The summed E-state index contributed by atoms with van der Waals surface area (Å²) in [5.41, 5.74) is 0.681. The summed E-state index contributed by atoms with van der Waals surface area (Å²) in [6.07, 6.45) is 0.862. The van der Waals surface area contributed by atoms with Crippen LogP contribution in [0.15, 0.2) is 18.2 Å². The summed E-state index contributed by atoms with van der Waals surface area (Å²) in [6.45, 7) is 3.95. The molecule has 106 valence electrons. The van der Waals surface area contributed by atoms with E-state index in [2.05, 4.69) is 5.32 Å². The van der Waals surface area contributed by atoms with Gasteiger partial charge in [-0.3, -0.25) is 4.79 Å². The third-order valence-electron chi connectivity index (χ3n) is 2.93. The molecule has 1 aromatic carbocycles. The second-order valence-electron chi connectivity index (χ2n) is 4.29. The van der Waals surface area contributed by atoms with E-state index in [1.54, 1.807) is 32.4 Å². The number of carbonyl (C=O) groups excluding carboxylic acids is 1. The minimum absolute atomic E-state index is 0.105. The number of carbonyl (C=O) groups is 1. The Balaban J connectivity index is 2.87. The van der Waals surface area contributed by atoms with Crippen LogP contribution in [0.4, 0.5) is 0 Å². The van der Waals surface area contributed by atoms with Crippen molar-refractivity contribution in [2.24, 2.45) is 0 Å². The fourth-order valence-electron chi connectivity index (χ4n) is 1.58. The van der Waals surface area contributed by atoms with E-state index in [1.807, 2.05) is 13.8 Å². The zero-order valence-corrected chi connectivity index (χ0v) is 12.5. The second-order valence-corrected chi connectivity index (χ2v) is 4.73. The molecule has 0 aliphatic heterocycles. The van der Waals surface area contributed by atoms with Crippen LogP contribution in [-0.2, 0) is 4.79 Å². The van der Waals surface area contributed by atoms with Crippen molar-refractivity contribution in [3.8, 4) is 11.5 Å². The fraction of sp³-hybridized carbons (Fsp3) is 0.500. The van der Waals surface area contributed by atoms with Gasteiger partial charge in [0.1, 0.15) is 5.38 Å². The molecule has 1 aromatic rings. The number of alkyl halides is 1. The SMILES string of the molecule is CCC(C)NC(=O)C(Cl)c1ccc(OC)c(OC)c1. The first-order valence-electron chi connectivity index (χ1n) is 6.19. The first-order chi connectivity index (χ1) is 9.03. The Hall–Kier alpha value is -1.42. The molecular weight excluding hydrogens is 266 g/mol. The quantitative estimate of drug-likeness (QED) is 0.818. The zero-order chi connectivity index (χ0) is 14.4. The van der Waals surface area contributed by atoms with Gasteiger partial charge in [-0.05, 0) is 31.0 Å². The Morgan fingerprint density at radius 1 is 1.32 bits per heavy atom. The minimum atomic E-state index is -0.742. The van der Waals surface area contributed by atoms with E-state index in [4.69, 9.17) is 21.1 Å². The number of methoxy groups -OCH3 is 2. The molecule has 1 amide bonds. The first kappa shape index (κ1) is 15.6. The third-order valence-corrected chi connectivity index (χ3v) is 3.38. The number of amides is 1. The maximum atomic E-state index is 12.0. The molecule has 0 bridgehead atoms. The number of hydrogen-bond donors (Lipinski definition) is 1. The second kappa shape index (κ2) is 7.24. The molecule has 0 aliphatic carbocycles. The summed E-state index contributed by atoms with van der Waals surface area (Å²) in [4.78, 5) is 12.0. The number of hydrogen-bond acceptors (Lipinski definition) is 3. The van der Waals surface area contributed by atoms with Gasteiger partial charge in [-0.1, -0.05) is 13.0 Å². The average Bonchev–Trinajstić information content (AvgIpc) is 2.45. The van der Waals surface area contributed by atoms with Crippen LogP contribution in [0.3, 0.4) is 0 Å². The fourth-order valence-corrected chi connectivity index (χ4v) is 1.78. The van der Waals surface area contributed by atoms with Crippen LogP contribution in [0.5, 0.6) is 11.5 Å². The molecule has 0 radical (unpaired) electrons. The molecule has 1 N–H and O–H groups in total. The van der Waals surface area contributed by atoms with Crippen molar-refractivity contribution in [3.63, 3.8) is 0 Å². The Morgan fingerprint density at radius 2 is 1.95 bits per heavy atom. The van der Waals surface area contributed by atoms with Crippen molar-refractivity contribution in [2.45, 2.75) is 31.7 Å². The van der Waals surface area contributed by atoms with Crippen molar-refractivity contribution in [2.75, 3.05) is 14.2 Å². The van der Waals surface area contributed by atoms with Crippen LogP contribution in [0.1, 0.15) is 31.2 Å². The van der Waals surface area contributed by atoms with Crippen LogP contribution < -0.4 is 14.8 Å². The lowest BCUT2D eigenvalue weighted by Gasteiger charge is -2.16. The maximum absolute atomic E-state index is 12.0. The Labute approximate surface area is 119 Å². The lowest BCUT2D eigenvalue weighted by molar-refractivity contribution is -0.121. The van der Waals surface area contributed by atoms with Gasteiger partial charge in [-0.25, -0.2) is 0 Å². The standard InChI is InChI=1S/C14H20ClNO3/c1-5-9(2)16-14(17)13(15)10-6-7-11(18-3)12(8-10)19-4/h6-9,13H,5H2,1-4H3,(H,16,17). The first-order valence-corrected chi connectivity index (χ1v) is 6.63. The van der Waals surface area contributed by atoms with E-state index >= 15 is 0 Å². The molecule has 0 saturated carbocycles. The lowest BCUT2D eigenvalue weighted by Crippen LogP contribution is -2.34. The summed E-state index contributed by atoms with van der Waals surface area (Å²) in [6, 6.07) is 5.32. The van der Waals surface area contributed by atoms with Gasteiger partial charge < -0.3 is 14.8 Å². The van der Waals surface area contributed by atoms with Gasteiger partial charge >= 0.3 is 0 Å². The Kier molecular flexibility index (Phi) is 5.96. The summed E-state index contributed by atoms with van der Waals surface area (Å²) in [5.74, 6) is 0.961. The summed E-state index contributed by atoms with van der Waals surface area (Å²) in [5, 5.41) is 2.11. The van der Waals surface area contributed by atoms with Gasteiger partial charge in [0.05, 0.1) is 14.2 Å². The van der Waals surface area contributed by atoms with Crippen molar-refractivity contribution < 1.29 is 14.3 Å². The number of nitrogens with one attached hydrogen (secondary N) is 1. The molecule has 0 saturated heterocycles. The molecular formula is C14H20ClNO3. The average molecular weight is 286 g/mol. The largest absolute Gasteiger partial charge is 0.493 e. The molecule has 5 heteroatoms. The normalized spacial score (nSPS) is 13.5. The van der Waals surface area contributed by atoms with Crippen LogP contribution in [0.2, 0.25) is 0 Å². The van der Waals surface area contributed by atoms with Gasteiger partial charge in [-0.2, -0.15) is 0 Å². The van der Waals surface area contributed by atoms with Crippen LogP contribution in [-0.4, -0.2) is 26.2 Å². The molecule has 0 aliphatic rings. The van der Waals surface area contributed by atoms with Crippen molar-refractivity contribution in [1.82, 2.24) is 5.32 Å². The Bertz CT molecular complexity index is 437. The van der Waals surface area contributed by atoms with Crippen molar-refractivity contribution in [1.29, 1.82) is 0 Å². The molecule has 1 rings (SSSR count). The molecule has 19 heavy (non-hydrogen) atoms. The number of ether oxygens (including phenoxy) is 2. The van der Waals surface area contributed by atoms with E-state index in [1.165, 1.54) is 0 Å². The summed E-state index contributed by atoms with van der Waals surface area (Å²) >= 11 is 6.17. The predicted octanol–water partition coefficient (Wildman–Crippen LogP) is 2.90. The molecule has 0 aromatic heterocycles. The van der Waals surface area contributed by atoms with Crippen molar-refractivity contribution in [3.05, 3.63) is 23.8 Å². The van der Waals surface area contributed by atoms with Gasteiger partial charge in [0.25, 0.3) is 0 Å². The highest BCUT2D eigenvalue weighted by molar-refractivity contribution is 6.30. The smallest absolute Gasteiger partial charge is 0.242 e. The number of benzene rings is 1. The van der Waals surface area contributed by atoms with Gasteiger partial charge in [0.2, 0.25) is 5.91 Å². The zero-order valence-electron chi connectivity index (χ0n) is 11.7. The van der Waals surface area contributed by atoms with Gasteiger partial charge in [-0.15, -0.1) is 11.6 Å². The van der Waals surface area contributed by atoms with E-state index < -0.39 is 5.38 Å². The topological polar surface area (TPSA) is 47.6 Å². The third kappa shape index (κ3) is 4.03. The summed E-state index contributed by atoms with van der Waals surface area (Å²) < 4.78 is 10.3. The van der Waals surface area contributed by atoms with Crippen LogP contribution >= 0.6 is 11.6 Å². The van der Waals surface area contributed by atoms with Crippen molar-refractivity contribution >= 4 is 17.5 Å². The highest BCUT2D eigenvalue weighted by Crippen LogP contribution is 2.32. The molecule has 0 heterocycles. The predicted molar refractivity (Wildman–Crippen MR) is 76.0 cm³/mol. The van der Waals surface area contributed by atoms with Crippen LogP contribution in [0.25, 0.3) is 0 Å². The lowest BCUT2D eigenvalue weighted by atomic mass is 10.1. The highest BCUT2D eigenvalue weighted by Gasteiger charge is 2.20. The van der Waals surface area contributed by atoms with E-state index in [9.17, 15) is 4.79 Å². The molecule has 2 atom stereocenters. The summed E-state index contributed by atoms with van der Waals surface area (Å²) in [7, 11) is 3.11. The van der Waals surface area contributed by atoms with Gasteiger partial charge in [0, 0.05) is 6.04 Å². The molecule has 4 nitrogen and oxygen atoms in total. The molecule has 0 spiro atoms. The Morgan fingerprint density at radius 3 is 2.47 bits per heavy atom. The number of rotatable bonds is 6. The van der Waals surface area contributed by atoms with E-state index in [0.29, 0.717) is 17.1 Å². The maximum Gasteiger partial charge on any atom is 0.242 e. The molecule has 0 fully saturated rings. The minimum Gasteiger partial charge on any atom is -0.493 e. The molecule has 2 unspecified atom stereocenters. The van der Waals surface area contributed by atoms with Gasteiger partial charge in [0.15, 0.2) is 11.5 Å². The number of halogens is 1. The van der Waals surface area contributed by atoms with E-state index in [0.717, 1.165) is 6.42 Å². The highest BCUT2D eigenvalue weighted by atomic mass is 35.5. The van der Waals surface area contributed by atoms with Crippen LogP contribution in [0, 0.1) is 0 Å².